The number of rotatable bonds is 5. The molecule has 0 radical (unpaired) electrons. The Bertz CT molecular complexity index is 928. The first kappa shape index (κ1) is 20.7. The third-order valence-corrected chi connectivity index (χ3v) is 5.00. The van der Waals surface area contributed by atoms with E-state index < -0.39 is 31.2 Å². The van der Waals surface area contributed by atoms with Crippen LogP contribution < -0.4 is 10.1 Å². The Labute approximate surface area is 174 Å². The van der Waals surface area contributed by atoms with Crippen LogP contribution in [-0.2, 0) is 9.53 Å². The minimum atomic E-state index is -3.06. The summed E-state index contributed by atoms with van der Waals surface area (Å²) in [5.74, 6) is -1.34. The van der Waals surface area contributed by atoms with Crippen molar-refractivity contribution in [1.29, 1.82) is 0 Å². The Balaban J connectivity index is 2.12. The van der Waals surface area contributed by atoms with Crippen molar-refractivity contribution >= 4 is 52.1 Å². The molecule has 0 saturated heterocycles. The van der Waals surface area contributed by atoms with Gasteiger partial charge in [-0.3, -0.25) is 4.79 Å². The van der Waals surface area contributed by atoms with Crippen LogP contribution in [0.3, 0.4) is 0 Å². The number of aliphatic carboxylic acids is 1. The van der Waals surface area contributed by atoms with Gasteiger partial charge in [0, 0.05) is 21.8 Å². The summed E-state index contributed by atoms with van der Waals surface area (Å²) >= 11 is 17.7. The number of alkyl halides is 2. The van der Waals surface area contributed by atoms with Crippen molar-refractivity contribution < 1.29 is 28.2 Å². The van der Waals surface area contributed by atoms with Gasteiger partial charge in [-0.2, -0.15) is 8.78 Å². The Hall–Kier alpha value is -2.00. The molecule has 0 aromatic heterocycles. The highest BCUT2D eigenvalue weighted by Crippen LogP contribution is 2.42. The van der Waals surface area contributed by atoms with Crippen molar-refractivity contribution in [2.75, 3.05) is 5.32 Å². The molecule has 28 heavy (non-hydrogen) atoms. The standard InChI is InChI=1S/C18H13Cl2F2NO4S/c19-8-4-5-11-10(6-8)16(26-13(7-14(24)25)17(28)23-11)9-2-1-3-12(15(9)20)27-18(21)22/h1-6,13,16,18H,7H2,(H,23,28)(H,24,25). The second-order valence-electron chi connectivity index (χ2n) is 5.86. The van der Waals surface area contributed by atoms with Gasteiger partial charge in [0.1, 0.15) is 22.9 Å². The van der Waals surface area contributed by atoms with Gasteiger partial charge in [-0.15, -0.1) is 0 Å². The van der Waals surface area contributed by atoms with Gasteiger partial charge in [0.2, 0.25) is 0 Å². The summed E-state index contributed by atoms with van der Waals surface area (Å²) in [6, 6.07) is 9.25. The summed E-state index contributed by atoms with van der Waals surface area (Å²) in [5, 5.41) is 12.4. The van der Waals surface area contributed by atoms with E-state index in [0.29, 0.717) is 21.8 Å². The van der Waals surface area contributed by atoms with Crippen LogP contribution in [0.4, 0.5) is 14.5 Å². The van der Waals surface area contributed by atoms with Gasteiger partial charge >= 0.3 is 12.6 Å². The SMILES string of the molecule is O=C(O)CC1OC(c2cccc(OC(F)F)c2Cl)c2cc(Cl)ccc2NC1=S. The highest BCUT2D eigenvalue weighted by Gasteiger charge is 2.33. The summed E-state index contributed by atoms with van der Waals surface area (Å²) in [7, 11) is 0. The number of benzene rings is 2. The molecule has 2 N–H and O–H groups in total. The van der Waals surface area contributed by atoms with Gasteiger partial charge in [0.15, 0.2) is 0 Å². The predicted molar refractivity (Wildman–Crippen MR) is 105 cm³/mol. The van der Waals surface area contributed by atoms with Crippen molar-refractivity contribution in [2.45, 2.75) is 25.2 Å². The topological polar surface area (TPSA) is 67.8 Å². The normalized spacial score (nSPS) is 19.0. The summed E-state index contributed by atoms with van der Waals surface area (Å²) < 4.78 is 35.8. The maximum Gasteiger partial charge on any atom is 0.387 e. The highest BCUT2D eigenvalue weighted by atomic mass is 35.5. The lowest BCUT2D eigenvalue weighted by Crippen LogP contribution is -2.30. The number of thiocarbonyl (C=S) groups is 1. The average molecular weight is 448 g/mol. The van der Waals surface area contributed by atoms with E-state index in [-0.39, 0.29) is 15.8 Å². The molecule has 1 heterocycles. The first-order valence-corrected chi connectivity index (χ1v) is 9.13. The molecule has 1 aliphatic heterocycles. The van der Waals surface area contributed by atoms with Gasteiger partial charge in [-0.1, -0.05) is 47.6 Å². The van der Waals surface area contributed by atoms with Crippen LogP contribution in [0, 0.1) is 0 Å². The maximum atomic E-state index is 12.7. The van der Waals surface area contributed by atoms with Crippen LogP contribution in [0.15, 0.2) is 36.4 Å². The van der Waals surface area contributed by atoms with E-state index in [1.807, 2.05) is 0 Å². The predicted octanol–water partition coefficient (Wildman–Crippen LogP) is 5.30. The second kappa shape index (κ2) is 8.57. The van der Waals surface area contributed by atoms with Crippen molar-refractivity contribution in [3.8, 4) is 5.75 Å². The van der Waals surface area contributed by atoms with Gasteiger partial charge in [-0.25, -0.2) is 0 Å². The molecule has 5 nitrogen and oxygen atoms in total. The Morgan fingerprint density at radius 2 is 2.04 bits per heavy atom. The molecule has 10 heteroatoms. The van der Waals surface area contributed by atoms with E-state index in [1.54, 1.807) is 24.3 Å². The van der Waals surface area contributed by atoms with Crippen LogP contribution in [0.1, 0.15) is 23.7 Å². The largest absolute Gasteiger partial charge is 0.481 e. The molecule has 1 aliphatic rings. The number of nitrogens with one attached hydrogen (secondary N) is 1. The number of carboxylic acids is 1. The molecule has 2 atom stereocenters. The second-order valence-corrected chi connectivity index (χ2v) is 7.12. The molecular formula is C18H13Cl2F2NO4S. The summed E-state index contributed by atoms with van der Waals surface area (Å²) in [5.41, 5.74) is 1.38. The fourth-order valence-electron chi connectivity index (χ4n) is 2.83. The van der Waals surface area contributed by atoms with E-state index in [1.165, 1.54) is 12.1 Å². The van der Waals surface area contributed by atoms with E-state index in [2.05, 4.69) is 10.1 Å². The third-order valence-electron chi connectivity index (χ3n) is 4.00. The molecule has 0 amide bonds. The third kappa shape index (κ3) is 4.52. The van der Waals surface area contributed by atoms with Crippen LogP contribution in [-0.4, -0.2) is 28.8 Å². The molecule has 2 unspecified atom stereocenters. The summed E-state index contributed by atoms with van der Waals surface area (Å²) in [6.07, 6.45) is -2.28. The molecule has 148 valence electrons. The quantitative estimate of drug-likeness (QED) is 0.606. The smallest absolute Gasteiger partial charge is 0.387 e. The van der Waals surface area contributed by atoms with Crippen LogP contribution in [0.2, 0.25) is 10.0 Å². The molecule has 2 aromatic carbocycles. The van der Waals surface area contributed by atoms with Crippen LogP contribution >= 0.6 is 35.4 Å². The Morgan fingerprint density at radius 3 is 2.71 bits per heavy atom. The van der Waals surface area contributed by atoms with E-state index in [9.17, 15) is 18.7 Å². The molecule has 0 aliphatic carbocycles. The zero-order valence-corrected chi connectivity index (χ0v) is 16.3. The first-order valence-electron chi connectivity index (χ1n) is 7.97. The van der Waals surface area contributed by atoms with Crippen LogP contribution in [0.25, 0.3) is 0 Å². The number of ether oxygens (including phenoxy) is 2. The Kier molecular flexibility index (Phi) is 6.34. The fourth-order valence-corrected chi connectivity index (χ4v) is 3.53. The van der Waals surface area contributed by atoms with E-state index in [4.69, 9.17) is 40.2 Å². The van der Waals surface area contributed by atoms with Gasteiger partial charge in [0.25, 0.3) is 0 Å². The maximum absolute atomic E-state index is 12.7. The molecule has 0 saturated carbocycles. The number of hydrogen-bond acceptors (Lipinski definition) is 4. The zero-order valence-electron chi connectivity index (χ0n) is 14.0. The van der Waals surface area contributed by atoms with Crippen molar-refractivity contribution in [3.05, 3.63) is 57.6 Å². The average Bonchev–Trinajstić information content (AvgIpc) is 2.73. The summed E-state index contributed by atoms with van der Waals surface area (Å²) in [4.78, 5) is 11.4. The van der Waals surface area contributed by atoms with Crippen LogP contribution in [0.5, 0.6) is 5.75 Å². The zero-order chi connectivity index (χ0) is 20.4. The molecule has 0 spiro atoms. The lowest BCUT2D eigenvalue weighted by molar-refractivity contribution is -0.139. The van der Waals surface area contributed by atoms with Crippen molar-refractivity contribution in [2.24, 2.45) is 0 Å². The van der Waals surface area contributed by atoms with Gasteiger partial charge in [0.05, 0.1) is 11.4 Å². The lowest BCUT2D eigenvalue weighted by atomic mass is 9.99. The number of carbonyl (C=O) groups is 1. The molecule has 0 fully saturated rings. The number of fused-ring (bicyclic) bond motifs is 1. The van der Waals surface area contributed by atoms with E-state index in [0.717, 1.165) is 0 Å². The Morgan fingerprint density at radius 1 is 1.29 bits per heavy atom. The minimum absolute atomic E-state index is 0.0828. The minimum Gasteiger partial charge on any atom is -0.481 e. The van der Waals surface area contributed by atoms with Crippen molar-refractivity contribution in [1.82, 2.24) is 0 Å². The summed E-state index contributed by atoms with van der Waals surface area (Å²) in [6.45, 7) is -3.06. The first-order chi connectivity index (χ1) is 13.3. The van der Waals surface area contributed by atoms with E-state index >= 15 is 0 Å². The highest BCUT2D eigenvalue weighted by molar-refractivity contribution is 7.80. The molecular weight excluding hydrogens is 435 g/mol. The number of carboxylic acid groups (broad SMARTS) is 1. The molecule has 3 rings (SSSR count). The molecule has 2 aromatic rings. The fraction of sp³-hybridized carbons (Fsp3) is 0.222. The van der Waals surface area contributed by atoms with Gasteiger partial charge in [-0.05, 0) is 24.3 Å². The lowest BCUT2D eigenvalue weighted by Gasteiger charge is -2.23. The number of halogens is 4. The van der Waals surface area contributed by atoms with Crippen molar-refractivity contribution in [3.63, 3.8) is 0 Å². The number of anilines is 1. The monoisotopic (exact) mass is 447 g/mol. The number of hydrogen-bond donors (Lipinski definition) is 2. The molecule has 0 bridgehead atoms. The van der Waals surface area contributed by atoms with Gasteiger partial charge < -0.3 is 19.9 Å².